The number of aryl methyl sites for hydroxylation is 1. The van der Waals surface area contributed by atoms with Gasteiger partial charge in [0.15, 0.2) is 5.75 Å². The van der Waals surface area contributed by atoms with Gasteiger partial charge in [0.2, 0.25) is 11.9 Å². The summed E-state index contributed by atoms with van der Waals surface area (Å²) in [6, 6.07) is 6.70. The maximum absolute atomic E-state index is 12.3. The molecular weight excluding hydrogens is 628 g/mol. The third-order valence-electron chi connectivity index (χ3n) is 11.9. The lowest BCUT2D eigenvalue weighted by Gasteiger charge is -2.54. The molecule has 2 aromatic heterocycles. The second kappa shape index (κ2) is 12.5. The first kappa shape index (κ1) is 31.7. The molecule has 50 heavy (non-hydrogen) atoms. The predicted molar refractivity (Wildman–Crippen MR) is 196 cm³/mol. The number of hydrogen-bond acceptors (Lipinski definition) is 9. The number of H-pyrrole nitrogens is 1. The molecule has 1 aliphatic carbocycles. The first-order valence-corrected chi connectivity index (χ1v) is 18.6. The molecular formula is C39H48N8O3. The van der Waals surface area contributed by atoms with Crippen LogP contribution in [0.25, 0.3) is 32.9 Å². The Labute approximate surface area is 293 Å². The van der Waals surface area contributed by atoms with Crippen LogP contribution in [0.3, 0.4) is 0 Å². The minimum Gasteiger partial charge on any atom is -0.491 e. The van der Waals surface area contributed by atoms with E-state index >= 15 is 0 Å². The number of carbonyl (C=O) groups is 1. The fraction of sp³-hybridized carbons (Fsp3) is 0.538. The second-order valence-electron chi connectivity index (χ2n) is 15.3. The summed E-state index contributed by atoms with van der Waals surface area (Å²) in [5, 5.41) is 9.83. The molecule has 11 heteroatoms. The summed E-state index contributed by atoms with van der Waals surface area (Å²) in [6.45, 7) is 18.6. The zero-order valence-electron chi connectivity index (χ0n) is 29.4. The number of amides is 1. The summed E-state index contributed by atoms with van der Waals surface area (Å²) < 4.78 is 12.3. The highest BCUT2D eigenvalue weighted by Crippen LogP contribution is 2.53. The number of carbonyl (C=O) groups excluding carboxylic acids is 1. The Morgan fingerprint density at radius 1 is 1.06 bits per heavy atom. The quantitative estimate of drug-likeness (QED) is 0.242. The van der Waals surface area contributed by atoms with E-state index in [4.69, 9.17) is 19.4 Å². The Balaban J connectivity index is 1.14. The molecule has 9 rings (SSSR count). The predicted octanol–water partition coefficient (Wildman–Crippen LogP) is 5.14. The van der Waals surface area contributed by atoms with Crippen LogP contribution in [0.15, 0.2) is 37.1 Å². The van der Waals surface area contributed by atoms with E-state index in [2.05, 4.69) is 63.5 Å². The minimum atomic E-state index is 0.0409. The number of rotatable bonds is 9. The largest absolute Gasteiger partial charge is 0.491 e. The molecule has 0 unspecified atom stereocenters. The van der Waals surface area contributed by atoms with Crippen molar-refractivity contribution >= 4 is 39.5 Å². The van der Waals surface area contributed by atoms with E-state index in [9.17, 15) is 4.79 Å². The molecule has 2 aromatic carbocycles. The van der Waals surface area contributed by atoms with Gasteiger partial charge in [0.25, 0.3) is 0 Å². The fourth-order valence-electron chi connectivity index (χ4n) is 8.88. The Kier molecular flexibility index (Phi) is 7.95. The molecule has 0 bridgehead atoms. The van der Waals surface area contributed by atoms with Crippen LogP contribution >= 0.6 is 0 Å². The molecule has 4 aromatic rings. The average Bonchev–Trinajstić information content (AvgIpc) is 3.85. The van der Waals surface area contributed by atoms with E-state index in [1.165, 1.54) is 35.6 Å². The maximum atomic E-state index is 12.3. The average molecular weight is 677 g/mol. The molecule has 5 aliphatic rings. The van der Waals surface area contributed by atoms with Crippen molar-refractivity contribution in [1.29, 1.82) is 0 Å². The summed E-state index contributed by atoms with van der Waals surface area (Å²) in [6.07, 6.45) is 7.80. The Morgan fingerprint density at radius 2 is 1.84 bits per heavy atom. The standard InChI is InChI=1S/C39H48N8O3/c1-4-32(48)47-23-39(24-47)10-12-45(13-11-39)37-29-18-28(27-7-8-27)34(33-25(3)6-9-31-30(33)19-40-43-31)36(50-5-2)35(29)41-38(42-37)46-21-26(22-46)20-44-14-16-49-17-15-44/h4,6,9,18-19,26-27H,1,5,7-8,10-17,20-24H2,2-3H3,(H,40,43). The minimum absolute atomic E-state index is 0.0409. The first-order valence-electron chi connectivity index (χ1n) is 18.6. The van der Waals surface area contributed by atoms with Gasteiger partial charge in [-0.1, -0.05) is 12.6 Å². The SMILES string of the molecule is C=CC(=O)N1CC2(CCN(c3nc(N4CC(CN5CCOCC5)C4)nc4c(OCC)c(-c5c(C)ccc6[nH]ncc56)c(C5CC5)cc34)CC2)C1. The Hall–Kier alpha value is -4.22. The topological polar surface area (TPSA) is 103 Å². The summed E-state index contributed by atoms with van der Waals surface area (Å²) in [5.41, 5.74) is 6.99. The van der Waals surface area contributed by atoms with Gasteiger partial charge in [0, 0.05) is 86.6 Å². The van der Waals surface area contributed by atoms with Gasteiger partial charge in [-0.3, -0.25) is 14.8 Å². The summed E-state index contributed by atoms with van der Waals surface area (Å²) in [7, 11) is 0. The van der Waals surface area contributed by atoms with Crippen molar-refractivity contribution in [2.45, 2.75) is 45.4 Å². The highest BCUT2D eigenvalue weighted by molar-refractivity contribution is 6.06. The monoisotopic (exact) mass is 676 g/mol. The van der Waals surface area contributed by atoms with E-state index in [0.29, 0.717) is 18.4 Å². The number of likely N-dealkylation sites (tertiary alicyclic amines) is 1. The lowest BCUT2D eigenvalue weighted by molar-refractivity contribution is -0.139. The van der Waals surface area contributed by atoms with Crippen molar-refractivity contribution in [2.75, 3.05) is 88.5 Å². The molecule has 0 atom stereocenters. The molecule has 262 valence electrons. The number of aromatic nitrogens is 4. The van der Waals surface area contributed by atoms with Crippen LogP contribution in [-0.2, 0) is 9.53 Å². The van der Waals surface area contributed by atoms with Gasteiger partial charge >= 0.3 is 0 Å². The van der Waals surface area contributed by atoms with Crippen LogP contribution in [0.2, 0.25) is 0 Å². The van der Waals surface area contributed by atoms with Crippen molar-refractivity contribution in [2.24, 2.45) is 11.3 Å². The van der Waals surface area contributed by atoms with Crippen molar-refractivity contribution in [1.82, 2.24) is 30.0 Å². The highest BCUT2D eigenvalue weighted by Gasteiger charge is 2.47. The van der Waals surface area contributed by atoms with Crippen molar-refractivity contribution in [3.05, 3.63) is 48.2 Å². The van der Waals surface area contributed by atoms with E-state index in [1.807, 2.05) is 11.1 Å². The molecule has 1 amide bonds. The number of morpholine rings is 1. The van der Waals surface area contributed by atoms with E-state index in [-0.39, 0.29) is 11.3 Å². The smallest absolute Gasteiger partial charge is 0.245 e. The number of aromatic amines is 1. The second-order valence-corrected chi connectivity index (χ2v) is 15.3. The number of nitrogens with one attached hydrogen (secondary N) is 1. The van der Waals surface area contributed by atoms with Gasteiger partial charge in [0.05, 0.1) is 31.5 Å². The number of piperidine rings is 1. The van der Waals surface area contributed by atoms with Gasteiger partial charge in [-0.15, -0.1) is 0 Å². The molecule has 0 radical (unpaired) electrons. The molecule has 1 spiro atoms. The van der Waals surface area contributed by atoms with Crippen LogP contribution in [0.5, 0.6) is 5.75 Å². The van der Waals surface area contributed by atoms with E-state index < -0.39 is 0 Å². The molecule has 4 saturated heterocycles. The molecule has 5 fully saturated rings. The molecule has 1 saturated carbocycles. The first-order chi connectivity index (χ1) is 24.4. The van der Waals surface area contributed by atoms with Crippen LogP contribution in [0, 0.1) is 18.3 Å². The van der Waals surface area contributed by atoms with Crippen LogP contribution in [0.4, 0.5) is 11.8 Å². The zero-order chi connectivity index (χ0) is 34.0. The summed E-state index contributed by atoms with van der Waals surface area (Å²) in [5.74, 6) is 3.78. The van der Waals surface area contributed by atoms with Gasteiger partial charge in [0.1, 0.15) is 11.3 Å². The maximum Gasteiger partial charge on any atom is 0.245 e. The lowest BCUT2D eigenvalue weighted by atomic mass is 9.72. The Bertz CT molecular complexity index is 1940. The molecule has 1 N–H and O–H groups in total. The van der Waals surface area contributed by atoms with Crippen molar-refractivity contribution < 1.29 is 14.3 Å². The zero-order valence-corrected chi connectivity index (χ0v) is 29.4. The fourth-order valence-corrected chi connectivity index (χ4v) is 8.88. The van der Waals surface area contributed by atoms with Gasteiger partial charge in [-0.2, -0.15) is 10.1 Å². The van der Waals surface area contributed by atoms with Crippen LogP contribution in [-0.4, -0.2) is 115 Å². The Morgan fingerprint density at radius 3 is 2.56 bits per heavy atom. The summed E-state index contributed by atoms with van der Waals surface area (Å²) in [4.78, 5) is 32.4. The number of benzene rings is 2. The number of fused-ring (bicyclic) bond motifs is 2. The van der Waals surface area contributed by atoms with Gasteiger partial charge in [-0.05, 0) is 80.3 Å². The van der Waals surface area contributed by atoms with Crippen molar-refractivity contribution in [3.63, 3.8) is 0 Å². The molecule has 6 heterocycles. The highest BCUT2D eigenvalue weighted by atomic mass is 16.5. The van der Waals surface area contributed by atoms with Crippen molar-refractivity contribution in [3.8, 4) is 16.9 Å². The lowest BCUT2D eigenvalue weighted by Crippen LogP contribution is -2.61. The van der Waals surface area contributed by atoms with Crippen LogP contribution < -0.4 is 14.5 Å². The number of hydrogen-bond donors (Lipinski definition) is 1. The number of anilines is 2. The third-order valence-corrected chi connectivity index (χ3v) is 11.9. The van der Waals surface area contributed by atoms with Gasteiger partial charge < -0.3 is 24.2 Å². The van der Waals surface area contributed by atoms with Gasteiger partial charge in [-0.25, -0.2) is 4.98 Å². The molecule has 11 nitrogen and oxygen atoms in total. The van der Waals surface area contributed by atoms with E-state index in [1.54, 1.807) is 0 Å². The molecule has 4 aliphatic heterocycles. The van der Waals surface area contributed by atoms with E-state index in [0.717, 1.165) is 130 Å². The number of nitrogens with zero attached hydrogens (tertiary/aromatic N) is 7. The number of ether oxygens (including phenoxy) is 2. The third kappa shape index (κ3) is 5.49. The van der Waals surface area contributed by atoms with Crippen LogP contribution in [0.1, 0.15) is 49.7 Å². The summed E-state index contributed by atoms with van der Waals surface area (Å²) >= 11 is 0. The normalized spacial score (nSPS) is 21.1.